The Labute approximate surface area is 130 Å². The quantitative estimate of drug-likeness (QED) is 0.944. The minimum atomic E-state index is 0.409. The molecule has 2 aliphatic rings. The Morgan fingerprint density at radius 2 is 2.27 bits per heavy atom. The van der Waals surface area contributed by atoms with E-state index >= 15 is 0 Å². The Morgan fingerprint density at radius 3 is 3.14 bits per heavy atom. The van der Waals surface area contributed by atoms with E-state index in [0.717, 1.165) is 30.4 Å². The Bertz CT molecular complexity index is 704. The fourth-order valence-electron chi connectivity index (χ4n) is 3.44. The molecule has 22 heavy (non-hydrogen) atoms. The first-order valence-electron chi connectivity index (χ1n) is 7.96. The van der Waals surface area contributed by atoms with Gasteiger partial charge < -0.3 is 9.72 Å². The van der Waals surface area contributed by atoms with Crippen LogP contribution in [0.3, 0.4) is 0 Å². The van der Waals surface area contributed by atoms with Crippen molar-refractivity contribution in [3.05, 3.63) is 53.1 Å². The van der Waals surface area contributed by atoms with Crippen molar-refractivity contribution in [1.82, 2.24) is 14.9 Å². The molecule has 1 aromatic carbocycles. The van der Waals surface area contributed by atoms with E-state index < -0.39 is 0 Å². The topological polar surface area (TPSA) is 41.2 Å². The highest BCUT2D eigenvalue weighted by molar-refractivity contribution is 5.62. The zero-order valence-corrected chi connectivity index (χ0v) is 12.9. The number of nitrogens with zero attached hydrogens (tertiary/aromatic N) is 2. The molecular weight excluding hydrogens is 274 g/mol. The van der Waals surface area contributed by atoms with Crippen molar-refractivity contribution in [2.45, 2.75) is 25.8 Å². The van der Waals surface area contributed by atoms with Crippen LogP contribution in [0, 0.1) is 6.92 Å². The monoisotopic (exact) mass is 295 g/mol. The average Bonchev–Trinajstić information content (AvgIpc) is 3.16. The van der Waals surface area contributed by atoms with Gasteiger partial charge >= 0.3 is 0 Å². The van der Waals surface area contributed by atoms with Crippen molar-refractivity contribution < 1.29 is 4.74 Å². The molecule has 0 radical (unpaired) electrons. The Morgan fingerprint density at radius 1 is 1.36 bits per heavy atom. The first-order valence-corrected chi connectivity index (χ1v) is 7.96. The summed E-state index contributed by atoms with van der Waals surface area (Å²) >= 11 is 0. The number of para-hydroxylation sites is 1. The molecule has 0 unspecified atom stereocenters. The molecule has 0 aliphatic carbocycles. The number of imidazole rings is 1. The predicted molar refractivity (Wildman–Crippen MR) is 86.8 cm³/mol. The van der Waals surface area contributed by atoms with E-state index in [-0.39, 0.29) is 0 Å². The first kappa shape index (κ1) is 13.6. The van der Waals surface area contributed by atoms with Crippen LogP contribution in [0.2, 0.25) is 0 Å². The second kappa shape index (κ2) is 5.61. The Balaban J connectivity index is 1.52. The zero-order valence-electron chi connectivity index (χ0n) is 12.9. The molecule has 2 aromatic rings. The number of rotatable bonds is 3. The fourth-order valence-corrected chi connectivity index (χ4v) is 3.44. The van der Waals surface area contributed by atoms with E-state index in [1.807, 2.05) is 18.3 Å². The molecule has 2 aliphatic heterocycles. The summed E-state index contributed by atoms with van der Waals surface area (Å²) < 4.78 is 5.87. The molecule has 4 heteroatoms. The molecule has 0 saturated carbocycles. The van der Waals surface area contributed by atoms with Gasteiger partial charge in [0.2, 0.25) is 0 Å². The molecule has 0 bridgehead atoms. The standard InChI is InChI=1S/C18H21N3O/c1-13-10-19-18(20-13)16-6-4-8-21(16)11-14-9-15-5-2-3-7-17(15)22-12-14/h2-3,5,7,9-10,16H,4,6,8,11-12H2,1H3,(H,19,20)/t16-/m0/s1. The molecule has 1 saturated heterocycles. The van der Waals surface area contributed by atoms with E-state index in [2.05, 4.69) is 40.0 Å². The zero-order chi connectivity index (χ0) is 14.9. The van der Waals surface area contributed by atoms with E-state index in [0.29, 0.717) is 12.6 Å². The molecule has 114 valence electrons. The summed E-state index contributed by atoms with van der Waals surface area (Å²) in [5.74, 6) is 2.10. The summed E-state index contributed by atoms with van der Waals surface area (Å²) in [6.45, 7) is 4.84. The van der Waals surface area contributed by atoms with Gasteiger partial charge in [-0.05, 0) is 44.0 Å². The number of H-pyrrole nitrogens is 1. The lowest BCUT2D eigenvalue weighted by molar-refractivity contribution is 0.253. The van der Waals surface area contributed by atoms with Crippen LogP contribution < -0.4 is 4.74 Å². The maximum absolute atomic E-state index is 5.87. The maximum Gasteiger partial charge on any atom is 0.127 e. The summed E-state index contributed by atoms with van der Waals surface area (Å²) in [5, 5.41) is 0. The summed E-state index contributed by atoms with van der Waals surface area (Å²) in [6, 6.07) is 8.64. The van der Waals surface area contributed by atoms with E-state index in [9.17, 15) is 0 Å². The molecule has 0 amide bonds. The second-order valence-electron chi connectivity index (χ2n) is 6.21. The van der Waals surface area contributed by atoms with Gasteiger partial charge in [0, 0.05) is 24.0 Å². The van der Waals surface area contributed by atoms with Gasteiger partial charge in [-0.15, -0.1) is 0 Å². The van der Waals surface area contributed by atoms with Crippen LogP contribution in [0.15, 0.2) is 36.0 Å². The van der Waals surface area contributed by atoms with Gasteiger partial charge in [0.05, 0.1) is 6.04 Å². The lowest BCUT2D eigenvalue weighted by atomic mass is 10.1. The lowest BCUT2D eigenvalue weighted by Crippen LogP contribution is -2.28. The van der Waals surface area contributed by atoms with Gasteiger partial charge in [-0.3, -0.25) is 4.90 Å². The molecule has 4 nitrogen and oxygen atoms in total. The summed E-state index contributed by atoms with van der Waals surface area (Å²) in [5.41, 5.74) is 3.67. The van der Waals surface area contributed by atoms with Crippen LogP contribution in [-0.2, 0) is 0 Å². The number of aromatic amines is 1. The van der Waals surface area contributed by atoms with Crippen molar-refractivity contribution in [3.8, 4) is 5.75 Å². The third-order valence-corrected chi connectivity index (χ3v) is 4.50. The van der Waals surface area contributed by atoms with E-state index in [1.54, 1.807) is 0 Å². The first-order chi connectivity index (χ1) is 10.8. The number of likely N-dealkylation sites (tertiary alicyclic amines) is 1. The number of benzene rings is 1. The highest BCUT2D eigenvalue weighted by atomic mass is 16.5. The van der Waals surface area contributed by atoms with Crippen molar-refractivity contribution in [1.29, 1.82) is 0 Å². The van der Waals surface area contributed by atoms with E-state index in [4.69, 9.17) is 4.74 Å². The molecule has 4 rings (SSSR count). The van der Waals surface area contributed by atoms with Crippen LogP contribution in [0.1, 0.15) is 36.0 Å². The van der Waals surface area contributed by atoms with Crippen molar-refractivity contribution in [2.24, 2.45) is 0 Å². The van der Waals surface area contributed by atoms with Gasteiger partial charge in [-0.2, -0.15) is 0 Å². The fraction of sp³-hybridized carbons (Fsp3) is 0.389. The number of aryl methyl sites for hydroxylation is 1. The molecular formula is C18H21N3O. The van der Waals surface area contributed by atoms with Gasteiger partial charge in [0.25, 0.3) is 0 Å². The van der Waals surface area contributed by atoms with Crippen molar-refractivity contribution in [2.75, 3.05) is 19.7 Å². The smallest absolute Gasteiger partial charge is 0.127 e. The van der Waals surface area contributed by atoms with Crippen LogP contribution in [0.4, 0.5) is 0 Å². The molecule has 1 atom stereocenters. The van der Waals surface area contributed by atoms with Gasteiger partial charge in [0.15, 0.2) is 0 Å². The molecule has 3 heterocycles. The number of ether oxygens (including phenoxy) is 1. The number of hydrogen-bond acceptors (Lipinski definition) is 3. The lowest BCUT2D eigenvalue weighted by Gasteiger charge is -2.26. The maximum atomic E-state index is 5.87. The summed E-state index contributed by atoms with van der Waals surface area (Å²) in [6.07, 6.45) is 6.61. The highest BCUT2D eigenvalue weighted by Gasteiger charge is 2.29. The SMILES string of the molecule is Cc1cnc([C@@H]2CCCN2CC2=Cc3ccccc3OC2)[nH]1. The minimum absolute atomic E-state index is 0.409. The second-order valence-corrected chi connectivity index (χ2v) is 6.21. The Kier molecular flexibility index (Phi) is 3.47. The third kappa shape index (κ3) is 2.55. The minimum Gasteiger partial charge on any atom is -0.489 e. The van der Waals surface area contributed by atoms with E-state index in [1.165, 1.54) is 24.0 Å². The van der Waals surface area contributed by atoms with Crippen LogP contribution in [0.5, 0.6) is 5.75 Å². The number of hydrogen-bond donors (Lipinski definition) is 1. The van der Waals surface area contributed by atoms with Gasteiger partial charge in [0.1, 0.15) is 18.2 Å². The molecule has 1 fully saturated rings. The van der Waals surface area contributed by atoms with Crippen molar-refractivity contribution >= 4 is 6.08 Å². The van der Waals surface area contributed by atoms with Crippen molar-refractivity contribution in [3.63, 3.8) is 0 Å². The highest BCUT2D eigenvalue weighted by Crippen LogP contribution is 2.32. The number of nitrogens with one attached hydrogen (secondary N) is 1. The van der Waals surface area contributed by atoms with Crippen LogP contribution in [0.25, 0.3) is 6.08 Å². The largest absolute Gasteiger partial charge is 0.489 e. The molecule has 1 aromatic heterocycles. The summed E-state index contributed by atoms with van der Waals surface area (Å²) in [7, 11) is 0. The third-order valence-electron chi connectivity index (χ3n) is 4.50. The normalized spacial score (nSPS) is 21.3. The van der Waals surface area contributed by atoms with Crippen LogP contribution >= 0.6 is 0 Å². The number of aromatic nitrogens is 2. The summed E-state index contributed by atoms with van der Waals surface area (Å²) in [4.78, 5) is 10.4. The van der Waals surface area contributed by atoms with Gasteiger partial charge in [-0.25, -0.2) is 4.98 Å². The van der Waals surface area contributed by atoms with Gasteiger partial charge in [-0.1, -0.05) is 18.2 Å². The Hall–Kier alpha value is -2.07. The average molecular weight is 295 g/mol. The number of fused-ring (bicyclic) bond motifs is 1. The molecule has 1 N–H and O–H groups in total. The predicted octanol–water partition coefficient (Wildman–Crippen LogP) is 3.33. The molecule has 0 spiro atoms. The van der Waals surface area contributed by atoms with Crippen LogP contribution in [-0.4, -0.2) is 34.6 Å².